The van der Waals surface area contributed by atoms with E-state index in [4.69, 9.17) is 9.15 Å². The molecule has 0 aliphatic heterocycles. The lowest BCUT2D eigenvalue weighted by Crippen LogP contribution is -1.94. The van der Waals surface area contributed by atoms with Gasteiger partial charge in [-0.3, -0.25) is 4.79 Å². The van der Waals surface area contributed by atoms with Gasteiger partial charge >= 0.3 is 0 Å². The largest absolute Gasteiger partial charge is 0.497 e. The highest BCUT2D eigenvalue weighted by atomic mass is 32.1. The average Bonchev–Trinajstić information content (AvgIpc) is 3.23. The predicted molar refractivity (Wildman–Crippen MR) is 86.2 cm³/mol. The normalized spacial score (nSPS) is 11.0. The molecule has 4 nitrogen and oxygen atoms in total. The van der Waals surface area contributed by atoms with Crippen LogP contribution in [0, 0.1) is 0 Å². The van der Waals surface area contributed by atoms with E-state index in [0.29, 0.717) is 11.3 Å². The molecule has 0 aliphatic carbocycles. The molecule has 0 saturated heterocycles. The lowest BCUT2D eigenvalue weighted by Gasteiger charge is -2.00. The van der Waals surface area contributed by atoms with Crippen LogP contribution in [0.5, 0.6) is 5.75 Å². The van der Waals surface area contributed by atoms with Crippen LogP contribution in [0.3, 0.4) is 0 Å². The summed E-state index contributed by atoms with van der Waals surface area (Å²) >= 11 is 1.47. The van der Waals surface area contributed by atoms with E-state index in [0.717, 1.165) is 16.5 Å². The third-order valence-electron chi connectivity index (χ3n) is 3.01. The van der Waals surface area contributed by atoms with Crippen molar-refractivity contribution in [3.63, 3.8) is 0 Å². The highest BCUT2D eigenvalue weighted by molar-refractivity contribution is 7.13. The number of ether oxygens (including phenoxy) is 1. The van der Waals surface area contributed by atoms with Gasteiger partial charge < -0.3 is 9.15 Å². The maximum absolute atomic E-state index is 12.1. The second-order valence-corrected chi connectivity index (χ2v) is 5.34. The van der Waals surface area contributed by atoms with Gasteiger partial charge in [0.1, 0.15) is 5.75 Å². The lowest BCUT2D eigenvalue weighted by molar-refractivity contribution is 0.104. The van der Waals surface area contributed by atoms with Crippen molar-refractivity contribution in [1.29, 1.82) is 0 Å². The lowest BCUT2D eigenvalue weighted by atomic mass is 10.1. The highest BCUT2D eigenvalue weighted by Gasteiger charge is 2.06. The molecule has 0 bridgehead atoms. The molecule has 5 heteroatoms. The molecule has 2 heterocycles. The minimum atomic E-state index is -0.0913. The van der Waals surface area contributed by atoms with Gasteiger partial charge in [-0.15, -0.1) is 11.3 Å². The summed E-state index contributed by atoms with van der Waals surface area (Å²) in [5, 5.41) is 2.67. The molecule has 0 aliphatic rings. The number of hydrogen-bond acceptors (Lipinski definition) is 5. The van der Waals surface area contributed by atoms with Crippen molar-refractivity contribution >= 4 is 23.2 Å². The van der Waals surface area contributed by atoms with Gasteiger partial charge in [0.05, 0.1) is 19.1 Å². The fraction of sp³-hybridized carbons (Fsp3) is 0.0588. The van der Waals surface area contributed by atoms with E-state index in [2.05, 4.69) is 4.98 Å². The second-order valence-electron chi connectivity index (χ2n) is 4.48. The molecule has 0 N–H and O–H groups in total. The maximum Gasteiger partial charge on any atom is 0.186 e. The van der Waals surface area contributed by atoms with Crippen LogP contribution < -0.4 is 4.74 Å². The summed E-state index contributed by atoms with van der Waals surface area (Å²) in [6.07, 6.45) is 4.82. The molecular weight excluding hydrogens is 298 g/mol. The molecule has 3 rings (SSSR count). The number of nitrogens with zero attached hydrogens (tertiary/aromatic N) is 1. The van der Waals surface area contributed by atoms with Crippen LogP contribution in [-0.2, 0) is 0 Å². The number of aromatic nitrogens is 1. The van der Waals surface area contributed by atoms with Crippen LogP contribution in [-0.4, -0.2) is 17.9 Å². The van der Waals surface area contributed by atoms with Crippen LogP contribution in [0.25, 0.3) is 16.8 Å². The minimum Gasteiger partial charge on any atom is -0.497 e. The Kier molecular flexibility index (Phi) is 4.16. The molecule has 0 fully saturated rings. The van der Waals surface area contributed by atoms with Gasteiger partial charge in [0, 0.05) is 10.9 Å². The van der Waals surface area contributed by atoms with Gasteiger partial charge in [0.25, 0.3) is 0 Å². The summed E-state index contributed by atoms with van der Waals surface area (Å²) in [4.78, 5) is 16.5. The maximum atomic E-state index is 12.1. The topological polar surface area (TPSA) is 52.3 Å². The molecule has 0 atom stereocenters. The third kappa shape index (κ3) is 3.15. The van der Waals surface area contributed by atoms with Crippen molar-refractivity contribution in [2.45, 2.75) is 0 Å². The van der Waals surface area contributed by atoms with E-state index in [1.165, 1.54) is 17.4 Å². The summed E-state index contributed by atoms with van der Waals surface area (Å²) in [6.45, 7) is 0. The SMILES string of the molecule is COc1cccc(C(=O)/C=C/c2csc(-c3ccco3)n2)c1. The molecule has 0 saturated carbocycles. The first-order chi connectivity index (χ1) is 10.8. The molecule has 110 valence electrons. The molecule has 0 unspecified atom stereocenters. The van der Waals surface area contributed by atoms with Crippen LogP contribution in [0.2, 0.25) is 0 Å². The summed E-state index contributed by atoms with van der Waals surface area (Å²) in [5.41, 5.74) is 1.31. The van der Waals surface area contributed by atoms with Crippen LogP contribution >= 0.6 is 11.3 Å². The second kappa shape index (κ2) is 6.41. The van der Waals surface area contributed by atoms with Gasteiger partial charge in [-0.1, -0.05) is 12.1 Å². The average molecular weight is 311 g/mol. The van der Waals surface area contributed by atoms with Crippen molar-refractivity contribution < 1.29 is 13.9 Å². The number of allylic oxidation sites excluding steroid dienone is 1. The van der Waals surface area contributed by atoms with Crippen LogP contribution in [0.1, 0.15) is 16.1 Å². The summed E-state index contributed by atoms with van der Waals surface area (Å²) in [6, 6.07) is 10.7. The van der Waals surface area contributed by atoms with Gasteiger partial charge in [0.15, 0.2) is 16.6 Å². The number of ketones is 1. The van der Waals surface area contributed by atoms with E-state index in [1.54, 1.807) is 43.7 Å². The van der Waals surface area contributed by atoms with Crippen LogP contribution in [0.15, 0.2) is 58.5 Å². The van der Waals surface area contributed by atoms with E-state index in [-0.39, 0.29) is 5.78 Å². The molecule has 22 heavy (non-hydrogen) atoms. The fourth-order valence-corrected chi connectivity index (χ4v) is 2.66. The summed E-state index contributed by atoms with van der Waals surface area (Å²) in [5.74, 6) is 1.29. The Morgan fingerprint density at radius 1 is 1.32 bits per heavy atom. The number of carbonyl (C=O) groups excluding carboxylic acids is 1. The number of hydrogen-bond donors (Lipinski definition) is 0. The predicted octanol–water partition coefficient (Wildman–Crippen LogP) is 4.31. The summed E-state index contributed by atoms with van der Waals surface area (Å²) < 4.78 is 10.4. The first-order valence-electron chi connectivity index (χ1n) is 6.62. The van der Waals surface area contributed by atoms with Crippen molar-refractivity contribution in [1.82, 2.24) is 4.98 Å². The number of carbonyl (C=O) groups is 1. The minimum absolute atomic E-state index is 0.0913. The smallest absolute Gasteiger partial charge is 0.186 e. The number of furan rings is 1. The zero-order chi connectivity index (χ0) is 15.4. The standard InChI is InChI=1S/C17H13NO3S/c1-20-14-5-2-4-12(10-14)15(19)8-7-13-11-22-17(18-13)16-6-3-9-21-16/h2-11H,1H3/b8-7+. The van der Waals surface area contributed by atoms with Crippen LogP contribution in [0.4, 0.5) is 0 Å². The van der Waals surface area contributed by atoms with Gasteiger partial charge in [-0.2, -0.15) is 0 Å². The Morgan fingerprint density at radius 2 is 2.23 bits per heavy atom. The van der Waals surface area contributed by atoms with Crippen molar-refractivity contribution in [3.8, 4) is 16.5 Å². The molecule has 3 aromatic rings. The molecule has 0 spiro atoms. The van der Waals surface area contributed by atoms with Gasteiger partial charge in [0.2, 0.25) is 0 Å². The Balaban J connectivity index is 1.75. The van der Waals surface area contributed by atoms with Gasteiger partial charge in [-0.05, 0) is 36.4 Å². The van der Waals surface area contributed by atoms with E-state index in [9.17, 15) is 4.79 Å². The first kappa shape index (κ1) is 14.3. The number of benzene rings is 1. The molecule has 2 aromatic heterocycles. The Bertz CT molecular complexity index is 803. The van der Waals surface area contributed by atoms with Crippen molar-refractivity contribution in [3.05, 3.63) is 65.4 Å². The van der Waals surface area contributed by atoms with Crippen molar-refractivity contribution in [2.75, 3.05) is 7.11 Å². The summed E-state index contributed by atoms with van der Waals surface area (Å²) in [7, 11) is 1.57. The number of methoxy groups -OCH3 is 1. The zero-order valence-corrected chi connectivity index (χ0v) is 12.7. The Morgan fingerprint density at radius 3 is 3.00 bits per heavy atom. The molecular formula is C17H13NO3S. The number of thiazole rings is 1. The Labute approximate surface area is 131 Å². The number of rotatable bonds is 5. The molecule has 0 amide bonds. The van der Waals surface area contributed by atoms with E-state index in [1.807, 2.05) is 17.5 Å². The van der Waals surface area contributed by atoms with E-state index < -0.39 is 0 Å². The molecule has 0 radical (unpaired) electrons. The monoisotopic (exact) mass is 311 g/mol. The zero-order valence-electron chi connectivity index (χ0n) is 11.9. The fourth-order valence-electron chi connectivity index (χ4n) is 1.91. The van der Waals surface area contributed by atoms with Gasteiger partial charge in [-0.25, -0.2) is 4.98 Å². The quantitative estimate of drug-likeness (QED) is 0.520. The van der Waals surface area contributed by atoms with E-state index >= 15 is 0 Å². The first-order valence-corrected chi connectivity index (χ1v) is 7.50. The third-order valence-corrected chi connectivity index (χ3v) is 3.89. The Hall–Kier alpha value is -2.66. The molecule has 1 aromatic carbocycles. The van der Waals surface area contributed by atoms with Crippen molar-refractivity contribution in [2.24, 2.45) is 0 Å². The highest BCUT2D eigenvalue weighted by Crippen LogP contribution is 2.24.